The van der Waals surface area contributed by atoms with E-state index >= 15 is 0 Å². The van der Waals surface area contributed by atoms with E-state index in [-0.39, 0.29) is 45.3 Å². The van der Waals surface area contributed by atoms with Crippen LogP contribution in [0.1, 0.15) is 43.6 Å². The van der Waals surface area contributed by atoms with Crippen molar-refractivity contribution in [1.29, 1.82) is 0 Å². The van der Waals surface area contributed by atoms with Crippen molar-refractivity contribution in [3.8, 4) is 5.88 Å². The van der Waals surface area contributed by atoms with E-state index in [0.717, 1.165) is 11.0 Å². The molecule has 0 bridgehead atoms. The van der Waals surface area contributed by atoms with Crippen LogP contribution in [0, 0.1) is 6.92 Å². The number of nitrogens with zero attached hydrogens (tertiary/aromatic N) is 1. The van der Waals surface area contributed by atoms with Crippen molar-refractivity contribution in [2.24, 2.45) is 0 Å². The molecule has 7 nitrogen and oxygen atoms in total. The second-order valence-electron chi connectivity index (χ2n) is 7.50. The second kappa shape index (κ2) is 9.74. The summed E-state index contributed by atoms with van der Waals surface area (Å²) in [4.78, 5) is 14.3. The van der Waals surface area contributed by atoms with Crippen molar-refractivity contribution in [1.82, 2.24) is 4.98 Å². The van der Waals surface area contributed by atoms with Gasteiger partial charge in [-0.3, -0.25) is 0 Å². The molecule has 1 aromatic heterocycles. The Morgan fingerprint density at radius 2 is 1.72 bits per heavy atom. The third kappa shape index (κ3) is 5.81. The number of benzene rings is 1. The Kier molecular flexibility index (Phi) is 8.45. The predicted octanol–water partition coefficient (Wildman–Crippen LogP) is 3.55. The van der Waals surface area contributed by atoms with Gasteiger partial charge in [0.25, 0.3) is 0 Å². The van der Waals surface area contributed by atoms with Crippen LogP contribution in [0.15, 0.2) is 36.5 Å². The van der Waals surface area contributed by atoms with Crippen LogP contribution in [0.3, 0.4) is 0 Å². The van der Waals surface area contributed by atoms with Crippen molar-refractivity contribution in [3.63, 3.8) is 0 Å². The molecule has 1 aromatic carbocycles. The molecule has 1 fully saturated rings. The largest absolute Gasteiger partial charge is 0.699 e. The monoisotopic (exact) mass is 569 g/mol. The zero-order valence-electron chi connectivity index (χ0n) is 17.5. The molecule has 3 rings (SSSR count). The van der Waals surface area contributed by atoms with Gasteiger partial charge in [0.1, 0.15) is 0 Å². The van der Waals surface area contributed by atoms with Gasteiger partial charge in [-0.2, -0.15) is 0 Å². The molecular formula is C20H26BN2O5W-. The van der Waals surface area contributed by atoms with E-state index < -0.39 is 5.97 Å². The number of hydrogen-bond acceptors (Lipinski definition) is 6. The standard InChI is InChI=1S/C13H19BNO2.C7H7NO3.W/c1-9-10(7-6-8-11(9)15)14-16-12(2,3)13(4,5)17-14;1-11-7(10)5-2-3-6(9)8-4-5;/h6-8,15H,1-5H3;2-4H,1H3,(H,8,9);/q-1;;. The smallest absolute Gasteiger partial charge is 0.495 e. The first-order valence-corrected chi connectivity index (χ1v) is 8.88. The molecule has 0 radical (unpaired) electrons. The maximum Gasteiger partial charge on any atom is 0.495 e. The molecule has 9 heteroatoms. The Morgan fingerprint density at radius 3 is 2.21 bits per heavy atom. The topological polar surface area (TPSA) is 102 Å². The second-order valence-corrected chi connectivity index (χ2v) is 7.50. The molecule has 1 aliphatic heterocycles. The Hall–Kier alpha value is -1.89. The molecule has 0 saturated carbocycles. The number of carbonyl (C=O) groups is 1. The fourth-order valence-corrected chi connectivity index (χ4v) is 2.50. The molecular weight excluding hydrogens is 543 g/mol. The van der Waals surface area contributed by atoms with Gasteiger partial charge in [0.15, 0.2) is 0 Å². The minimum Gasteiger partial charge on any atom is -0.699 e. The Bertz CT molecular complexity index is 827. The maximum absolute atomic E-state index is 10.8. The molecule has 2 N–H and O–H groups in total. The zero-order chi connectivity index (χ0) is 21.1. The van der Waals surface area contributed by atoms with Gasteiger partial charge in [0.05, 0.1) is 23.9 Å². The minimum absolute atomic E-state index is 0. The summed E-state index contributed by atoms with van der Waals surface area (Å²) in [6.07, 6.45) is 1.25. The molecule has 29 heavy (non-hydrogen) atoms. The molecule has 2 aromatic rings. The molecule has 0 aliphatic carbocycles. The molecule has 2 heterocycles. The summed E-state index contributed by atoms with van der Waals surface area (Å²) in [5.74, 6) is -0.574. The maximum atomic E-state index is 10.8. The van der Waals surface area contributed by atoms with Crippen molar-refractivity contribution >= 4 is 24.2 Å². The van der Waals surface area contributed by atoms with Crippen LogP contribution in [-0.4, -0.2) is 41.5 Å². The van der Waals surface area contributed by atoms with Crippen LogP contribution in [0.2, 0.25) is 0 Å². The van der Waals surface area contributed by atoms with Crippen molar-refractivity contribution in [2.75, 3.05) is 7.11 Å². The molecule has 0 unspecified atom stereocenters. The summed E-state index contributed by atoms with van der Waals surface area (Å²) in [5.41, 5.74) is 9.88. The number of methoxy groups -OCH3 is 1. The summed E-state index contributed by atoms with van der Waals surface area (Å²) < 4.78 is 16.4. The minimum atomic E-state index is -0.461. The van der Waals surface area contributed by atoms with Gasteiger partial charge < -0.3 is 24.9 Å². The van der Waals surface area contributed by atoms with Crippen LogP contribution in [-0.2, 0) is 35.1 Å². The Labute approximate surface area is 186 Å². The third-order valence-electron chi connectivity index (χ3n) is 5.05. The third-order valence-corrected chi connectivity index (χ3v) is 5.05. The van der Waals surface area contributed by atoms with Crippen LogP contribution in [0.5, 0.6) is 5.88 Å². The van der Waals surface area contributed by atoms with Gasteiger partial charge in [0, 0.05) is 33.3 Å². The fourth-order valence-electron chi connectivity index (χ4n) is 2.50. The number of hydrogen-bond donors (Lipinski definition) is 1. The van der Waals surface area contributed by atoms with Crippen molar-refractivity contribution < 1.29 is 45.0 Å². The van der Waals surface area contributed by atoms with Gasteiger partial charge >= 0.3 is 13.1 Å². The quantitative estimate of drug-likeness (QED) is 0.439. The first-order chi connectivity index (χ1) is 13.0. The molecule has 1 aliphatic rings. The van der Waals surface area contributed by atoms with Crippen LogP contribution >= 0.6 is 0 Å². The number of carbonyl (C=O) groups excluding carboxylic acids is 1. The van der Waals surface area contributed by atoms with Crippen LogP contribution in [0.25, 0.3) is 5.73 Å². The molecule has 156 valence electrons. The number of aromatic nitrogens is 1. The number of aromatic hydroxyl groups is 1. The van der Waals surface area contributed by atoms with E-state index in [1.807, 2.05) is 46.8 Å². The Balaban J connectivity index is 0.000000306. The van der Waals surface area contributed by atoms with Gasteiger partial charge in [-0.25, -0.2) is 9.78 Å². The average Bonchev–Trinajstić information content (AvgIpc) is 2.85. The summed E-state index contributed by atoms with van der Waals surface area (Å²) in [6, 6.07) is 8.38. The van der Waals surface area contributed by atoms with Crippen LogP contribution in [0.4, 0.5) is 5.69 Å². The summed E-state index contributed by atoms with van der Waals surface area (Å²) in [5, 5.41) is 8.75. The SMILES string of the molecule is COC(=O)c1ccc(O)nc1.Cc1c([NH-])cccc1B1OC(C)(C)C(C)(C)O1.[W]. The summed E-state index contributed by atoms with van der Waals surface area (Å²) >= 11 is 0. The van der Waals surface area contributed by atoms with Gasteiger partial charge in [-0.05, 0) is 46.1 Å². The summed E-state index contributed by atoms with van der Waals surface area (Å²) in [7, 11) is 0.917. The number of rotatable bonds is 2. The first kappa shape index (κ1) is 25.2. The van der Waals surface area contributed by atoms with Crippen molar-refractivity contribution in [2.45, 2.75) is 45.8 Å². The first-order valence-electron chi connectivity index (χ1n) is 8.88. The summed E-state index contributed by atoms with van der Waals surface area (Å²) in [6.45, 7) is 10.1. The van der Waals surface area contributed by atoms with E-state index in [1.54, 1.807) is 6.07 Å². The molecule has 1 saturated heterocycles. The van der Waals surface area contributed by atoms with E-state index in [0.29, 0.717) is 11.3 Å². The molecule has 0 amide bonds. The van der Waals surface area contributed by atoms with Gasteiger partial charge in [-0.1, -0.05) is 23.8 Å². The number of pyridine rings is 1. The van der Waals surface area contributed by atoms with Gasteiger partial charge in [-0.15, -0.1) is 5.69 Å². The number of ether oxygens (including phenoxy) is 1. The van der Waals surface area contributed by atoms with Crippen molar-refractivity contribution in [3.05, 3.63) is 53.4 Å². The van der Waals surface area contributed by atoms with E-state index in [1.165, 1.54) is 25.4 Å². The van der Waals surface area contributed by atoms with E-state index in [9.17, 15) is 4.79 Å². The average molecular weight is 569 g/mol. The van der Waals surface area contributed by atoms with Crippen LogP contribution < -0.4 is 5.46 Å². The van der Waals surface area contributed by atoms with Gasteiger partial charge in [0.2, 0.25) is 5.88 Å². The molecule has 0 atom stereocenters. The number of esters is 1. The predicted molar refractivity (Wildman–Crippen MR) is 108 cm³/mol. The Morgan fingerprint density at radius 1 is 1.14 bits per heavy atom. The molecule has 0 spiro atoms. The zero-order valence-corrected chi connectivity index (χ0v) is 20.4. The number of nitrogens with one attached hydrogen (secondary N) is 1. The normalized spacial score (nSPS) is 16.3. The van der Waals surface area contributed by atoms with E-state index in [4.69, 9.17) is 20.1 Å². The van der Waals surface area contributed by atoms with E-state index in [2.05, 4.69) is 9.72 Å². The fraction of sp³-hybridized carbons (Fsp3) is 0.400.